The van der Waals surface area contributed by atoms with Crippen molar-refractivity contribution in [1.82, 2.24) is 20.0 Å². The third kappa shape index (κ3) is 2.73. The molecule has 2 fully saturated rings. The number of nitrogens with one attached hydrogen (secondary N) is 1. The fourth-order valence-electron chi connectivity index (χ4n) is 3.86. The quantitative estimate of drug-likeness (QED) is 0.479. The number of amides is 1. The SMILES string of the molecule is O=C(OC(=O)N1CCn2nccc2C1)C1CCCCCC12CN2. The minimum Gasteiger partial charge on any atom is -0.376 e. The molecule has 0 bridgehead atoms. The first-order chi connectivity index (χ1) is 11.2. The highest BCUT2D eigenvalue weighted by Gasteiger charge is 2.53. The van der Waals surface area contributed by atoms with Crippen molar-refractivity contribution < 1.29 is 14.3 Å². The molecule has 3 aliphatic rings. The molecule has 2 aliphatic heterocycles. The van der Waals surface area contributed by atoms with Crippen LogP contribution in [-0.4, -0.2) is 45.4 Å². The number of hydrogen-bond donors (Lipinski definition) is 1. The van der Waals surface area contributed by atoms with Crippen molar-refractivity contribution >= 4 is 12.1 Å². The second-order valence-corrected chi connectivity index (χ2v) is 6.82. The number of esters is 1. The molecule has 0 aromatic carbocycles. The number of hydrogen-bond acceptors (Lipinski definition) is 5. The number of fused-ring (bicyclic) bond motifs is 1. The predicted molar refractivity (Wildman–Crippen MR) is 81.4 cm³/mol. The van der Waals surface area contributed by atoms with Crippen LogP contribution in [0.15, 0.2) is 12.3 Å². The Kier molecular flexibility index (Phi) is 3.60. The van der Waals surface area contributed by atoms with Crippen LogP contribution in [0.4, 0.5) is 4.79 Å². The Balaban J connectivity index is 1.39. The van der Waals surface area contributed by atoms with Gasteiger partial charge < -0.3 is 15.0 Å². The van der Waals surface area contributed by atoms with Gasteiger partial charge in [-0.3, -0.25) is 9.48 Å². The van der Waals surface area contributed by atoms with E-state index in [0.29, 0.717) is 19.6 Å². The van der Waals surface area contributed by atoms with Crippen LogP contribution in [0.2, 0.25) is 0 Å². The van der Waals surface area contributed by atoms with E-state index in [1.54, 1.807) is 11.1 Å². The van der Waals surface area contributed by atoms with E-state index in [9.17, 15) is 9.59 Å². The lowest BCUT2D eigenvalue weighted by Gasteiger charge is -2.28. The van der Waals surface area contributed by atoms with E-state index in [1.807, 2.05) is 10.7 Å². The molecular weight excluding hydrogens is 296 g/mol. The highest BCUT2D eigenvalue weighted by Crippen LogP contribution is 2.39. The molecule has 3 heterocycles. The van der Waals surface area contributed by atoms with Crippen molar-refractivity contribution in [2.45, 2.75) is 50.7 Å². The zero-order valence-corrected chi connectivity index (χ0v) is 13.2. The van der Waals surface area contributed by atoms with E-state index in [2.05, 4.69) is 10.4 Å². The number of carbonyl (C=O) groups excluding carboxylic acids is 2. The summed E-state index contributed by atoms with van der Waals surface area (Å²) in [5, 5.41) is 7.53. The van der Waals surface area contributed by atoms with Crippen LogP contribution in [0.3, 0.4) is 0 Å². The van der Waals surface area contributed by atoms with E-state index in [4.69, 9.17) is 4.74 Å². The Morgan fingerprint density at radius 1 is 1.30 bits per heavy atom. The molecule has 1 N–H and O–H groups in total. The molecule has 23 heavy (non-hydrogen) atoms. The molecule has 1 spiro atoms. The van der Waals surface area contributed by atoms with E-state index in [1.165, 1.54) is 0 Å². The summed E-state index contributed by atoms with van der Waals surface area (Å²) < 4.78 is 7.11. The normalized spacial score (nSPS) is 29.7. The zero-order chi connectivity index (χ0) is 15.9. The molecule has 2 atom stereocenters. The second kappa shape index (κ2) is 5.63. The van der Waals surface area contributed by atoms with E-state index >= 15 is 0 Å². The molecule has 4 rings (SSSR count). The average molecular weight is 318 g/mol. The lowest BCUT2D eigenvalue weighted by molar-refractivity contribution is -0.144. The Bertz CT molecular complexity index is 623. The van der Waals surface area contributed by atoms with Crippen LogP contribution in [-0.2, 0) is 22.6 Å². The molecule has 7 heteroatoms. The lowest BCUT2D eigenvalue weighted by Crippen LogP contribution is -2.42. The van der Waals surface area contributed by atoms with Crippen LogP contribution in [0.5, 0.6) is 0 Å². The fourth-order valence-corrected chi connectivity index (χ4v) is 3.86. The number of aromatic nitrogens is 2. The Hall–Kier alpha value is -1.89. The molecule has 1 aliphatic carbocycles. The first-order valence-corrected chi connectivity index (χ1v) is 8.44. The van der Waals surface area contributed by atoms with Crippen molar-refractivity contribution in [2.75, 3.05) is 13.1 Å². The van der Waals surface area contributed by atoms with Gasteiger partial charge >= 0.3 is 12.1 Å². The summed E-state index contributed by atoms with van der Waals surface area (Å²) >= 11 is 0. The minimum atomic E-state index is -0.525. The molecule has 7 nitrogen and oxygen atoms in total. The number of nitrogens with zero attached hydrogens (tertiary/aromatic N) is 3. The van der Waals surface area contributed by atoms with Gasteiger partial charge in [0.05, 0.1) is 24.7 Å². The van der Waals surface area contributed by atoms with E-state index in [0.717, 1.165) is 44.3 Å². The molecule has 1 saturated carbocycles. The van der Waals surface area contributed by atoms with Gasteiger partial charge in [-0.25, -0.2) is 4.79 Å². The monoisotopic (exact) mass is 318 g/mol. The molecule has 0 radical (unpaired) electrons. The van der Waals surface area contributed by atoms with Gasteiger partial charge in [-0.05, 0) is 18.9 Å². The van der Waals surface area contributed by atoms with Crippen LogP contribution in [0.25, 0.3) is 0 Å². The summed E-state index contributed by atoms with van der Waals surface area (Å²) in [6, 6.07) is 1.88. The standard InChI is InChI=1S/C16H22N4O3/c21-14(13-4-2-1-3-6-16(13)11-17-16)23-15(22)19-8-9-20-12(10-19)5-7-18-20/h5,7,13,17H,1-4,6,8-11H2. The van der Waals surface area contributed by atoms with E-state index < -0.39 is 6.09 Å². The maximum atomic E-state index is 12.5. The van der Waals surface area contributed by atoms with Crippen LogP contribution in [0.1, 0.15) is 37.8 Å². The lowest BCUT2D eigenvalue weighted by atomic mass is 9.87. The topological polar surface area (TPSA) is 86.4 Å². The summed E-state index contributed by atoms with van der Waals surface area (Å²) in [5.74, 6) is -0.551. The van der Waals surface area contributed by atoms with Gasteiger partial charge in [0.2, 0.25) is 0 Å². The van der Waals surface area contributed by atoms with Gasteiger partial charge in [0.25, 0.3) is 0 Å². The summed E-state index contributed by atoms with van der Waals surface area (Å²) in [6.07, 6.45) is 6.33. The van der Waals surface area contributed by atoms with Gasteiger partial charge in [0, 0.05) is 24.8 Å². The van der Waals surface area contributed by atoms with Gasteiger partial charge in [-0.15, -0.1) is 0 Å². The maximum Gasteiger partial charge on any atom is 0.417 e. The highest BCUT2D eigenvalue weighted by atomic mass is 16.6. The predicted octanol–water partition coefficient (Wildman–Crippen LogP) is 1.28. The molecule has 1 amide bonds. The summed E-state index contributed by atoms with van der Waals surface area (Å²) in [5.41, 5.74) is 0.865. The van der Waals surface area contributed by atoms with Gasteiger partial charge in [0.15, 0.2) is 0 Å². The third-order valence-electron chi connectivity index (χ3n) is 5.38. The smallest absolute Gasteiger partial charge is 0.376 e. The Morgan fingerprint density at radius 2 is 2.17 bits per heavy atom. The molecular formula is C16H22N4O3. The molecule has 124 valence electrons. The first kappa shape index (κ1) is 14.7. The Morgan fingerprint density at radius 3 is 3.00 bits per heavy atom. The number of carbonyl (C=O) groups is 2. The largest absolute Gasteiger partial charge is 0.417 e. The van der Waals surface area contributed by atoms with Crippen molar-refractivity contribution in [3.63, 3.8) is 0 Å². The zero-order valence-electron chi connectivity index (χ0n) is 13.2. The minimum absolute atomic E-state index is 0.103. The highest BCUT2D eigenvalue weighted by molar-refractivity contribution is 5.87. The van der Waals surface area contributed by atoms with Crippen molar-refractivity contribution in [2.24, 2.45) is 5.92 Å². The molecule has 1 saturated heterocycles. The van der Waals surface area contributed by atoms with Gasteiger partial charge in [0.1, 0.15) is 0 Å². The van der Waals surface area contributed by atoms with Gasteiger partial charge in [-0.1, -0.05) is 19.3 Å². The number of ether oxygens (including phenoxy) is 1. The maximum absolute atomic E-state index is 12.5. The molecule has 1 aromatic rings. The third-order valence-corrected chi connectivity index (χ3v) is 5.38. The Labute approximate surface area is 135 Å². The summed E-state index contributed by atoms with van der Waals surface area (Å²) in [4.78, 5) is 26.4. The van der Waals surface area contributed by atoms with Crippen LogP contribution < -0.4 is 5.32 Å². The fraction of sp³-hybridized carbons (Fsp3) is 0.688. The van der Waals surface area contributed by atoms with Crippen molar-refractivity contribution in [3.05, 3.63) is 18.0 Å². The van der Waals surface area contributed by atoms with Crippen molar-refractivity contribution in [3.8, 4) is 0 Å². The molecule has 1 aromatic heterocycles. The molecule has 2 unspecified atom stereocenters. The number of rotatable bonds is 1. The van der Waals surface area contributed by atoms with Crippen LogP contribution >= 0.6 is 0 Å². The van der Waals surface area contributed by atoms with Crippen molar-refractivity contribution in [1.29, 1.82) is 0 Å². The first-order valence-electron chi connectivity index (χ1n) is 8.44. The van der Waals surface area contributed by atoms with E-state index in [-0.39, 0.29) is 17.4 Å². The average Bonchev–Trinajstić information content (AvgIpc) is 3.23. The summed E-state index contributed by atoms with van der Waals surface area (Å²) in [7, 11) is 0. The van der Waals surface area contributed by atoms with Crippen LogP contribution in [0, 0.1) is 5.92 Å². The summed E-state index contributed by atoms with van der Waals surface area (Å²) in [6.45, 7) is 2.47. The second-order valence-electron chi connectivity index (χ2n) is 6.82. The van der Waals surface area contributed by atoms with Gasteiger partial charge in [-0.2, -0.15) is 5.10 Å².